The smallest absolute Gasteiger partial charge is 0.321 e. The van der Waals surface area contributed by atoms with E-state index in [2.05, 4.69) is 62.1 Å². The van der Waals surface area contributed by atoms with Gasteiger partial charge in [-0.3, -0.25) is 0 Å². The average Bonchev–Trinajstić information content (AvgIpc) is 3.86. The minimum absolute atomic E-state index is 0.0964. The largest absolute Gasteiger partial charge is 0.424 e. The number of fused-ring (bicyclic) bond motifs is 2. The number of aromatic nitrogens is 7. The van der Waals surface area contributed by atoms with Crippen molar-refractivity contribution < 1.29 is 26.3 Å². The lowest BCUT2D eigenvalue weighted by molar-refractivity contribution is 0.266. The Hall–Kier alpha value is -3.87. The van der Waals surface area contributed by atoms with Crippen molar-refractivity contribution in [2.75, 3.05) is 30.5 Å². The molecule has 7 rings (SSSR count). The fraction of sp³-hybridized carbons (Fsp3) is 0.472. The minimum atomic E-state index is -3.25. The van der Waals surface area contributed by atoms with Gasteiger partial charge in [-0.05, 0) is 147 Å². The molecule has 0 spiro atoms. The fourth-order valence-electron chi connectivity index (χ4n) is 6.81. The number of anilines is 1. The van der Waals surface area contributed by atoms with Crippen molar-refractivity contribution in [3.8, 4) is 23.5 Å². The lowest BCUT2D eigenvalue weighted by Crippen LogP contribution is -2.42. The molecule has 2 fully saturated rings. The van der Waals surface area contributed by atoms with Gasteiger partial charge in [0, 0.05) is 32.0 Å². The first kappa shape index (κ1) is 39.8. The molecule has 2 aromatic carbocycles. The molecule has 1 aliphatic carbocycles. The number of ether oxygens (including phenoxy) is 2. The summed E-state index contributed by atoms with van der Waals surface area (Å²) < 4.78 is 66.2. The SMILES string of the molecule is CC(C)n1nc(Br)nc1Oc1ccc(S(C)(=O)=O)cc1.Cc1cc(N2C[C@H]3CC[C@@H](C2)C3Cc2nc(Oc3ccc(S(C)(=O)=O)cc3)n(C(C)C)n2)sn1. The average molecular weight is 862 g/mol. The third kappa shape index (κ3) is 9.49. The molecule has 290 valence electrons. The maximum atomic E-state index is 11.7. The van der Waals surface area contributed by atoms with Crippen LogP contribution in [0.4, 0.5) is 5.00 Å². The van der Waals surface area contributed by atoms with E-state index in [1.807, 2.05) is 18.5 Å². The molecule has 54 heavy (non-hydrogen) atoms. The van der Waals surface area contributed by atoms with Crippen LogP contribution in [-0.4, -0.2) is 76.3 Å². The van der Waals surface area contributed by atoms with Gasteiger partial charge < -0.3 is 14.4 Å². The summed E-state index contributed by atoms with van der Waals surface area (Å²) in [5, 5.41) is 10.2. The zero-order valence-corrected chi connectivity index (χ0v) is 35.3. The molecular weight excluding hydrogens is 817 g/mol. The lowest BCUT2D eigenvalue weighted by atomic mass is 9.82. The van der Waals surface area contributed by atoms with Gasteiger partial charge in [0.15, 0.2) is 25.5 Å². The van der Waals surface area contributed by atoms with Crippen LogP contribution in [0.1, 0.15) is 64.1 Å². The number of rotatable bonds is 11. The minimum Gasteiger partial charge on any atom is -0.424 e. The van der Waals surface area contributed by atoms with Crippen molar-refractivity contribution in [2.24, 2.45) is 17.8 Å². The van der Waals surface area contributed by atoms with Crippen LogP contribution < -0.4 is 14.4 Å². The van der Waals surface area contributed by atoms with Gasteiger partial charge >= 0.3 is 12.0 Å². The predicted octanol–water partition coefficient (Wildman–Crippen LogP) is 7.34. The monoisotopic (exact) mass is 860 g/mol. The van der Waals surface area contributed by atoms with E-state index in [1.54, 1.807) is 52.6 Å². The molecule has 0 radical (unpaired) electrons. The molecule has 1 aliphatic heterocycles. The highest BCUT2D eigenvalue weighted by Crippen LogP contribution is 2.45. The van der Waals surface area contributed by atoms with Crippen molar-refractivity contribution in [1.82, 2.24) is 33.9 Å². The first-order valence-corrected chi connectivity index (χ1v) is 23.0. The van der Waals surface area contributed by atoms with E-state index in [1.165, 1.54) is 36.2 Å². The molecule has 3 aromatic heterocycles. The van der Waals surface area contributed by atoms with Gasteiger partial charge in [-0.15, -0.1) is 5.10 Å². The van der Waals surface area contributed by atoms with E-state index in [-0.39, 0.29) is 21.9 Å². The van der Waals surface area contributed by atoms with Crippen molar-refractivity contribution in [3.05, 3.63) is 70.8 Å². The van der Waals surface area contributed by atoms with E-state index in [0.717, 1.165) is 37.3 Å². The molecule has 1 saturated carbocycles. The molecule has 14 nitrogen and oxygen atoms in total. The van der Waals surface area contributed by atoms with Crippen LogP contribution in [0.3, 0.4) is 0 Å². The van der Waals surface area contributed by atoms with Crippen LogP contribution in [0, 0.1) is 24.7 Å². The molecule has 0 N–H and O–H groups in total. The summed E-state index contributed by atoms with van der Waals surface area (Å²) >= 11 is 4.80. The quantitative estimate of drug-likeness (QED) is 0.130. The molecule has 1 saturated heterocycles. The highest BCUT2D eigenvalue weighted by molar-refractivity contribution is 9.10. The number of halogens is 1. The molecule has 5 aromatic rings. The zero-order valence-electron chi connectivity index (χ0n) is 31.2. The van der Waals surface area contributed by atoms with Crippen LogP contribution in [0.15, 0.2) is 69.1 Å². The molecular formula is C36H45BrN8O6S3. The summed E-state index contributed by atoms with van der Waals surface area (Å²) in [6.07, 6.45) is 5.72. The maximum Gasteiger partial charge on any atom is 0.321 e. The van der Waals surface area contributed by atoms with Gasteiger partial charge in [0.05, 0.1) is 27.6 Å². The second kappa shape index (κ2) is 16.1. The second-order valence-corrected chi connectivity index (χ2v) is 19.9. The summed E-state index contributed by atoms with van der Waals surface area (Å²) in [7, 11) is -6.45. The van der Waals surface area contributed by atoms with Gasteiger partial charge in [0.1, 0.15) is 16.5 Å². The Morgan fingerprint density at radius 1 is 0.778 bits per heavy atom. The number of piperidine rings is 1. The predicted molar refractivity (Wildman–Crippen MR) is 210 cm³/mol. The Morgan fingerprint density at radius 2 is 1.26 bits per heavy atom. The van der Waals surface area contributed by atoms with E-state index in [4.69, 9.17) is 19.6 Å². The summed E-state index contributed by atoms with van der Waals surface area (Å²) in [4.78, 5) is 11.9. The van der Waals surface area contributed by atoms with Crippen molar-refractivity contribution in [1.29, 1.82) is 0 Å². The van der Waals surface area contributed by atoms with E-state index in [9.17, 15) is 16.8 Å². The molecule has 2 aliphatic rings. The van der Waals surface area contributed by atoms with Crippen LogP contribution in [0.25, 0.3) is 0 Å². The highest BCUT2D eigenvalue weighted by atomic mass is 79.9. The van der Waals surface area contributed by atoms with E-state index >= 15 is 0 Å². The fourth-order valence-corrected chi connectivity index (χ4v) is 9.17. The number of benzene rings is 2. The maximum absolute atomic E-state index is 11.7. The Labute approximate surface area is 329 Å². The van der Waals surface area contributed by atoms with Gasteiger partial charge in [0.25, 0.3) is 0 Å². The summed E-state index contributed by atoms with van der Waals surface area (Å²) in [5.74, 6) is 3.72. The Kier molecular flexibility index (Phi) is 11.9. The third-order valence-corrected chi connectivity index (χ3v) is 13.0. The number of hydrogen-bond donors (Lipinski definition) is 0. The standard InChI is InChI=1S/C24H31N5O3S2.C12H14BrN3O3S/c1-15(2)29-24(32-19-7-9-20(10-8-19)34(4,30)31)25-22(26-29)12-21-17-5-6-18(21)14-28(13-17)23-11-16(3)27-33-23;1-8(2)16-12(14-11(13)15-16)19-9-4-6-10(7-5-9)20(3,17)18/h7-11,15,17-18,21H,5-6,12-14H2,1-4H3;4-8H,1-3H3/t17-,18+,21?;. The van der Waals surface area contributed by atoms with Crippen LogP contribution in [0.5, 0.6) is 23.5 Å². The number of aryl methyl sites for hydroxylation is 1. The molecule has 1 unspecified atom stereocenters. The Morgan fingerprint density at radius 3 is 1.70 bits per heavy atom. The molecule has 2 bridgehead atoms. The molecule has 0 amide bonds. The van der Waals surface area contributed by atoms with Crippen molar-refractivity contribution in [2.45, 2.75) is 75.8 Å². The Bertz CT molecular complexity index is 2270. The van der Waals surface area contributed by atoms with Crippen LogP contribution in [0.2, 0.25) is 0 Å². The number of hydrogen-bond acceptors (Lipinski definition) is 13. The van der Waals surface area contributed by atoms with E-state index < -0.39 is 19.7 Å². The summed E-state index contributed by atoms with van der Waals surface area (Å²) in [5.41, 5.74) is 1.09. The van der Waals surface area contributed by atoms with Gasteiger partial charge in [0.2, 0.25) is 4.73 Å². The number of sulfone groups is 2. The Balaban J connectivity index is 0.000000212. The first-order chi connectivity index (χ1) is 25.4. The normalized spacial score (nSPS) is 18.6. The van der Waals surface area contributed by atoms with Crippen LogP contribution >= 0.6 is 27.5 Å². The molecule has 4 heterocycles. The van der Waals surface area contributed by atoms with Gasteiger partial charge in [-0.2, -0.15) is 19.4 Å². The zero-order chi connectivity index (χ0) is 38.9. The highest BCUT2D eigenvalue weighted by Gasteiger charge is 2.43. The van der Waals surface area contributed by atoms with Gasteiger partial charge in [-0.25, -0.2) is 26.2 Å². The molecule has 3 atom stereocenters. The van der Waals surface area contributed by atoms with Crippen LogP contribution in [-0.2, 0) is 26.1 Å². The number of nitrogens with zero attached hydrogens (tertiary/aromatic N) is 8. The summed E-state index contributed by atoms with van der Waals surface area (Å²) in [6.45, 7) is 12.2. The van der Waals surface area contributed by atoms with Crippen molar-refractivity contribution in [3.63, 3.8) is 0 Å². The molecule has 18 heteroatoms. The van der Waals surface area contributed by atoms with E-state index in [0.29, 0.717) is 46.0 Å². The van der Waals surface area contributed by atoms with Gasteiger partial charge in [-0.1, -0.05) is 0 Å². The first-order valence-electron chi connectivity index (χ1n) is 17.7. The summed E-state index contributed by atoms with van der Waals surface area (Å²) in [6, 6.07) is 15.8. The second-order valence-electron chi connectivity index (χ2n) is 14.4. The third-order valence-electron chi connectivity index (χ3n) is 9.49. The lowest BCUT2D eigenvalue weighted by Gasteiger charge is -2.38. The topological polar surface area (TPSA) is 164 Å². The van der Waals surface area contributed by atoms with Crippen molar-refractivity contribution >= 4 is 52.1 Å².